The molecule has 0 bridgehead atoms. The average molecular weight is 326 g/mol. The van der Waals surface area contributed by atoms with Crippen molar-refractivity contribution in [1.29, 1.82) is 0 Å². The molecule has 0 aliphatic carbocycles. The molecule has 0 spiro atoms. The Bertz CT molecular complexity index is 559. The summed E-state index contributed by atoms with van der Waals surface area (Å²) in [6.07, 6.45) is 4.83. The Morgan fingerprint density at radius 2 is 2.24 bits per heavy atom. The van der Waals surface area contributed by atoms with Crippen LogP contribution in [0.3, 0.4) is 0 Å². The normalized spacial score (nSPS) is 18.7. The molecule has 0 N–H and O–H groups in total. The van der Waals surface area contributed by atoms with Gasteiger partial charge in [0.15, 0.2) is 0 Å². The van der Waals surface area contributed by atoms with Crippen LogP contribution in [0, 0.1) is 5.92 Å². The summed E-state index contributed by atoms with van der Waals surface area (Å²) in [4.78, 5) is 14.1. The molecular formula is C16H20ClNO2S. The van der Waals surface area contributed by atoms with E-state index in [4.69, 9.17) is 16.3 Å². The maximum atomic E-state index is 12.3. The maximum Gasteiger partial charge on any atom is 0.230 e. The lowest BCUT2D eigenvalue weighted by molar-refractivity contribution is -0.131. The number of ether oxygens (including phenoxy) is 1. The summed E-state index contributed by atoms with van der Waals surface area (Å²) in [5, 5.41) is 0.612. The zero-order valence-electron chi connectivity index (χ0n) is 12.6. The van der Waals surface area contributed by atoms with Crippen molar-refractivity contribution in [3.05, 3.63) is 34.9 Å². The topological polar surface area (TPSA) is 29.5 Å². The Labute approximate surface area is 135 Å². The number of nitrogens with zero attached hydrogens (tertiary/aromatic N) is 1. The third-order valence-electron chi connectivity index (χ3n) is 3.52. The molecule has 0 radical (unpaired) electrons. The second-order valence-electron chi connectivity index (χ2n) is 5.00. The zero-order valence-corrected chi connectivity index (χ0v) is 14.1. The summed E-state index contributed by atoms with van der Waals surface area (Å²) in [5.41, 5.74) is 1.79. The van der Waals surface area contributed by atoms with Crippen molar-refractivity contribution >= 4 is 35.0 Å². The molecule has 0 aromatic heterocycles. The van der Waals surface area contributed by atoms with Crippen molar-refractivity contribution in [1.82, 2.24) is 4.90 Å². The number of carbonyl (C=O) groups excluding carboxylic acids is 1. The van der Waals surface area contributed by atoms with Gasteiger partial charge >= 0.3 is 0 Å². The van der Waals surface area contributed by atoms with Crippen molar-refractivity contribution in [3.63, 3.8) is 0 Å². The number of thioether (sulfide) groups is 1. The van der Waals surface area contributed by atoms with Crippen LogP contribution in [0.5, 0.6) is 5.75 Å². The molecule has 1 aliphatic rings. The lowest BCUT2D eigenvalue weighted by Crippen LogP contribution is -2.36. The van der Waals surface area contributed by atoms with Crippen LogP contribution in [0.25, 0.3) is 5.70 Å². The molecule has 1 atom stereocenters. The van der Waals surface area contributed by atoms with Crippen molar-refractivity contribution in [2.24, 2.45) is 5.92 Å². The van der Waals surface area contributed by atoms with Crippen molar-refractivity contribution in [2.75, 3.05) is 18.7 Å². The Morgan fingerprint density at radius 1 is 1.48 bits per heavy atom. The van der Waals surface area contributed by atoms with Crippen LogP contribution in [0.1, 0.15) is 25.8 Å². The molecule has 1 aromatic rings. The van der Waals surface area contributed by atoms with Gasteiger partial charge in [-0.3, -0.25) is 4.79 Å². The predicted octanol–water partition coefficient (Wildman–Crippen LogP) is 4.27. The predicted molar refractivity (Wildman–Crippen MR) is 89.6 cm³/mol. The van der Waals surface area contributed by atoms with E-state index in [2.05, 4.69) is 6.08 Å². The molecule has 0 saturated carbocycles. The van der Waals surface area contributed by atoms with Gasteiger partial charge < -0.3 is 9.64 Å². The van der Waals surface area contributed by atoms with Gasteiger partial charge in [-0.15, -0.1) is 11.8 Å². The third-order valence-corrected chi connectivity index (χ3v) is 4.19. The van der Waals surface area contributed by atoms with Crippen LogP contribution >= 0.6 is 23.4 Å². The molecule has 1 amide bonds. The van der Waals surface area contributed by atoms with E-state index in [9.17, 15) is 4.79 Å². The number of benzene rings is 1. The lowest BCUT2D eigenvalue weighted by Gasteiger charge is -2.31. The minimum absolute atomic E-state index is 0.0386. The van der Waals surface area contributed by atoms with Gasteiger partial charge in [0.1, 0.15) is 11.7 Å². The summed E-state index contributed by atoms with van der Waals surface area (Å²) in [5.74, 6) is 1.54. The Kier molecular flexibility index (Phi) is 5.59. The summed E-state index contributed by atoms with van der Waals surface area (Å²) >= 11 is 7.99. The number of hydrogen-bond acceptors (Lipinski definition) is 3. The third kappa shape index (κ3) is 3.55. The Morgan fingerprint density at radius 3 is 2.86 bits per heavy atom. The standard InChI is InChI=1S/C16H20ClNO2S/c1-4-18-15(8-5-11(2)16(18)19)13-7-6-12(9-14(13)17)20-10-21-3/h6-9,11H,4-5,10H2,1-3H3. The molecule has 21 heavy (non-hydrogen) atoms. The van der Waals surface area contributed by atoms with E-state index in [0.717, 1.165) is 23.4 Å². The SMILES string of the molecule is CCN1C(=O)C(C)CC=C1c1ccc(OCSC)cc1Cl. The Hall–Kier alpha value is -1.13. The van der Waals surface area contributed by atoms with E-state index in [-0.39, 0.29) is 11.8 Å². The van der Waals surface area contributed by atoms with Gasteiger partial charge in [0.05, 0.1) is 5.02 Å². The fraction of sp³-hybridized carbons (Fsp3) is 0.438. The highest BCUT2D eigenvalue weighted by atomic mass is 35.5. The lowest BCUT2D eigenvalue weighted by atomic mass is 9.97. The van der Waals surface area contributed by atoms with Crippen LogP contribution in [0.2, 0.25) is 5.02 Å². The smallest absolute Gasteiger partial charge is 0.230 e. The van der Waals surface area contributed by atoms with E-state index in [1.54, 1.807) is 16.7 Å². The minimum Gasteiger partial charge on any atom is -0.483 e. The highest BCUT2D eigenvalue weighted by Crippen LogP contribution is 2.34. The number of allylic oxidation sites excluding steroid dienone is 1. The van der Waals surface area contributed by atoms with Crippen LogP contribution in [0.15, 0.2) is 24.3 Å². The largest absolute Gasteiger partial charge is 0.483 e. The first-order chi connectivity index (χ1) is 10.1. The highest BCUT2D eigenvalue weighted by molar-refractivity contribution is 7.98. The van der Waals surface area contributed by atoms with E-state index < -0.39 is 0 Å². The first kappa shape index (κ1) is 16.2. The molecule has 3 nitrogen and oxygen atoms in total. The summed E-state index contributed by atoms with van der Waals surface area (Å²) in [6, 6.07) is 5.63. The molecule has 5 heteroatoms. The molecule has 2 rings (SSSR count). The van der Waals surface area contributed by atoms with Gasteiger partial charge in [0.25, 0.3) is 0 Å². The molecule has 0 fully saturated rings. The van der Waals surface area contributed by atoms with Crippen LogP contribution in [-0.2, 0) is 4.79 Å². The summed E-state index contributed by atoms with van der Waals surface area (Å²) in [6.45, 7) is 4.59. The van der Waals surface area contributed by atoms with Crippen molar-refractivity contribution in [3.8, 4) is 5.75 Å². The van der Waals surface area contributed by atoms with Gasteiger partial charge in [-0.1, -0.05) is 24.6 Å². The number of carbonyl (C=O) groups is 1. The van der Waals surface area contributed by atoms with Gasteiger partial charge in [-0.2, -0.15) is 0 Å². The monoisotopic (exact) mass is 325 g/mol. The fourth-order valence-corrected chi connectivity index (χ4v) is 2.91. The average Bonchev–Trinajstić information content (AvgIpc) is 2.48. The first-order valence-electron chi connectivity index (χ1n) is 7.01. The van der Waals surface area contributed by atoms with E-state index in [1.165, 1.54) is 0 Å². The highest BCUT2D eigenvalue weighted by Gasteiger charge is 2.27. The number of rotatable bonds is 5. The molecule has 114 valence electrons. The number of amides is 1. The van der Waals surface area contributed by atoms with Crippen LogP contribution in [0.4, 0.5) is 0 Å². The number of halogens is 1. The van der Waals surface area contributed by atoms with Crippen LogP contribution in [-0.4, -0.2) is 29.5 Å². The van der Waals surface area contributed by atoms with E-state index >= 15 is 0 Å². The Balaban J connectivity index is 2.30. The van der Waals surface area contributed by atoms with Crippen LogP contribution < -0.4 is 4.74 Å². The van der Waals surface area contributed by atoms with Gasteiger partial charge in [-0.05, 0) is 37.8 Å². The maximum absolute atomic E-state index is 12.3. The quantitative estimate of drug-likeness (QED) is 0.757. The molecule has 0 saturated heterocycles. The first-order valence-corrected chi connectivity index (χ1v) is 8.78. The minimum atomic E-state index is 0.0386. The summed E-state index contributed by atoms with van der Waals surface area (Å²) < 4.78 is 5.55. The molecule has 1 heterocycles. The molecular weight excluding hydrogens is 306 g/mol. The summed E-state index contributed by atoms with van der Waals surface area (Å²) in [7, 11) is 0. The fourth-order valence-electron chi connectivity index (χ4n) is 2.39. The molecule has 1 aromatic carbocycles. The second-order valence-corrected chi connectivity index (χ2v) is 6.22. The van der Waals surface area contributed by atoms with Gasteiger partial charge in [0.2, 0.25) is 5.91 Å². The van der Waals surface area contributed by atoms with Gasteiger partial charge in [0, 0.05) is 23.7 Å². The van der Waals surface area contributed by atoms with E-state index in [0.29, 0.717) is 17.5 Å². The number of hydrogen-bond donors (Lipinski definition) is 0. The molecule has 1 aliphatic heterocycles. The molecule has 1 unspecified atom stereocenters. The van der Waals surface area contributed by atoms with Crippen molar-refractivity contribution < 1.29 is 9.53 Å². The van der Waals surface area contributed by atoms with Crippen molar-refractivity contribution in [2.45, 2.75) is 20.3 Å². The second kappa shape index (κ2) is 7.23. The zero-order chi connectivity index (χ0) is 15.4. The van der Waals surface area contributed by atoms with E-state index in [1.807, 2.05) is 38.3 Å². The van der Waals surface area contributed by atoms with Gasteiger partial charge in [-0.25, -0.2) is 0 Å².